The highest BCUT2D eigenvalue weighted by Gasteiger charge is 2.18. The van der Waals surface area contributed by atoms with Gasteiger partial charge >= 0.3 is 0 Å². The van der Waals surface area contributed by atoms with E-state index in [1.807, 2.05) is 11.8 Å². The Kier molecular flexibility index (Phi) is 4.36. The summed E-state index contributed by atoms with van der Waals surface area (Å²) in [6, 6.07) is 5.38. The van der Waals surface area contributed by atoms with Crippen LogP contribution in [0.25, 0.3) is 0 Å². The van der Waals surface area contributed by atoms with Crippen molar-refractivity contribution in [3.63, 3.8) is 0 Å². The largest absolute Gasteiger partial charge is 0.497 e. The van der Waals surface area contributed by atoms with Crippen molar-refractivity contribution in [1.29, 1.82) is 0 Å². The Morgan fingerprint density at radius 2 is 2.39 bits per heavy atom. The molecule has 1 saturated heterocycles. The second kappa shape index (κ2) is 6.00. The first-order chi connectivity index (χ1) is 8.70. The maximum Gasteiger partial charge on any atom is 0.253 e. The monoisotopic (exact) mass is 266 g/mol. The molecule has 1 heterocycles. The molecule has 1 amide bonds. The van der Waals surface area contributed by atoms with Gasteiger partial charge in [0.15, 0.2) is 0 Å². The van der Waals surface area contributed by atoms with E-state index in [4.69, 9.17) is 10.5 Å². The van der Waals surface area contributed by atoms with E-state index in [2.05, 4.69) is 5.32 Å². The van der Waals surface area contributed by atoms with Crippen LogP contribution in [-0.4, -0.2) is 30.6 Å². The highest BCUT2D eigenvalue weighted by molar-refractivity contribution is 7.99. The van der Waals surface area contributed by atoms with Crippen molar-refractivity contribution in [2.45, 2.75) is 18.9 Å². The zero-order chi connectivity index (χ0) is 13.0. The van der Waals surface area contributed by atoms with Gasteiger partial charge in [0.2, 0.25) is 0 Å². The maximum absolute atomic E-state index is 12.1. The van der Waals surface area contributed by atoms with E-state index in [1.165, 1.54) is 5.75 Å². The van der Waals surface area contributed by atoms with Crippen molar-refractivity contribution in [3.05, 3.63) is 23.8 Å². The van der Waals surface area contributed by atoms with E-state index in [1.54, 1.807) is 25.3 Å². The summed E-state index contributed by atoms with van der Waals surface area (Å²) in [5.41, 5.74) is 6.80. The van der Waals surface area contributed by atoms with Crippen molar-refractivity contribution < 1.29 is 9.53 Å². The fourth-order valence-electron chi connectivity index (χ4n) is 1.98. The summed E-state index contributed by atoms with van der Waals surface area (Å²) >= 11 is 1.88. The van der Waals surface area contributed by atoms with Gasteiger partial charge in [0, 0.05) is 17.5 Å². The van der Waals surface area contributed by atoms with Gasteiger partial charge in [-0.2, -0.15) is 11.8 Å². The minimum absolute atomic E-state index is 0.112. The molecule has 1 aromatic rings. The van der Waals surface area contributed by atoms with Crippen molar-refractivity contribution in [3.8, 4) is 5.75 Å². The van der Waals surface area contributed by atoms with Crippen molar-refractivity contribution in [1.82, 2.24) is 5.32 Å². The number of carbonyl (C=O) groups is 1. The molecule has 98 valence electrons. The molecule has 0 radical (unpaired) electrons. The number of rotatable bonds is 3. The third kappa shape index (κ3) is 3.10. The average molecular weight is 266 g/mol. The van der Waals surface area contributed by atoms with E-state index in [0.29, 0.717) is 17.0 Å². The molecule has 1 aliphatic heterocycles. The smallest absolute Gasteiger partial charge is 0.253 e. The Morgan fingerprint density at radius 1 is 1.56 bits per heavy atom. The lowest BCUT2D eigenvalue weighted by Gasteiger charge is -2.22. The number of benzene rings is 1. The minimum atomic E-state index is -0.112. The summed E-state index contributed by atoms with van der Waals surface area (Å²) in [5.74, 6) is 2.70. The number of thioether (sulfide) groups is 1. The van der Waals surface area contributed by atoms with Crippen LogP contribution in [0.2, 0.25) is 0 Å². The van der Waals surface area contributed by atoms with Crippen LogP contribution in [0.15, 0.2) is 18.2 Å². The molecule has 1 atom stereocenters. The first-order valence-corrected chi connectivity index (χ1v) is 7.18. The van der Waals surface area contributed by atoms with Crippen molar-refractivity contribution in [2.24, 2.45) is 0 Å². The van der Waals surface area contributed by atoms with Crippen LogP contribution < -0.4 is 15.8 Å². The molecular weight excluding hydrogens is 248 g/mol. The number of carbonyl (C=O) groups excluding carboxylic acids is 1. The molecule has 0 aliphatic carbocycles. The van der Waals surface area contributed by atoms with Crippen LogP contribution in [0.5, 0.6) is 5.75 Å². The molecule has 0 spiro atoms. The van der Waals surface area contributed by atoms with Crippen LogP contribution in [0.3, 0.4) is 0 Å². The van der Waals surface area contributed by atoms with Gasteiger partial charge in [-0.3, -0.25) is 4.79 Å². The number of nitrogen functional groups attached to an aromatic ring is 1. The third-order valence-electron chi connectivity index (χ3n) is 3.00. The van der Waals surface area contributed by atoms with Crippen LogP contribution in [0.4, 0.5) is 5.69 Å². The van der Waals surface area contributed by atoms with Crippen LogP contribution >= 0.6 is 11.8 Å². The molecule has 1 unspecified atom stereocenters. The number of nitrogens with one attached hydrogen (secondary N) is 1. The molecule has 0 aromatic heterocycles. The summed E-state index contributed by atoms with van der Waals surface area (Å²) < 4.78 is 5.11. The molecule has 1 fully saturated rings. The van der Waals surface area contributed by atoms with E-state index in [9.17, 15) is 4.79 Å². The van der Waals surface area contributed by atoms with Gasteiger partial charge in [-0.25, -0.2) is 0 Å². The van der Waals surface area contributed by atoms with Gasteiger partial charge in [-0.05, 0) is 36.8 Å². The first kappa shape index (κ1) is 13.1. The van der Waals surface area contributed by atoms with Gasteiger partial charge in [0.25, 0.3) is 5.91 Å². The number of hydrogen-bond acceptors (Lipinski definition) is 4. The Bertz CT molecular complexity index is 431. The molecule has 1 aromatic carbocycles. The van der Waals surface area contributed by atoms with E-state index in [0.717, 1.165) is 18.6 Å². The van der Waals surface area contributed by atoms with E-state index in [-0.39, 0.29) is 11.9 Å². The average Bonchev–Trinajstić information content (AvgIpc) is 2.40. The van der Waals surface area contributed by atoms with Crippen molar-refractivity contribution in [2.75, 3.05) is 24.3 Å². The number of hydrogen-bond donors (Lipinski definition) is 2. The predicted octanol–water partition coefficient (Wildman–Crippen LogP) is 1.90. The SMILES string of the molecule is COc1ccc(N)c(C(=O)NC2CCCSC2)c1. The summed E-state index contributed by atoms with van der Waals surface area (Å²) in [4.78, 5) is 12.1. The Morgan fingerprint density at radius 3 is 3.06 bits per heavy atom. The first-order valence-electron chi connectivity index (χ1n) is 6.03. The topological polar surface area (TPSA) is 64.3 Å². The molecule has 0 bridgehead atoms. The summed E-state index contributed by atoms with van der Waals surface area (Å²) in [6.45, 7) is 0. The van der Waals surface area contributed by atoms with Crippen LogP contribution in [0.1, 0.15) is 23.2 Å². The lowest BCUT2D eigenvalue weighted by atomic mass is 10.1. The van der Waals surface area contributed by atoms with Crippen LogP contribution in [-0.2, 0) is 0 Å². The summed E-state index contributed by atoms with van der Waals surface area (Å²) in [7, 11) is 1.57. The molecule has 0 saturated carbocycles. The highest BCUT2D eigenvalue weighted by Crippen LogP contribution is 2.21. The van der Waals surface area contributed by atoms with Gasteiger partial charge in [-0.1, -0.05) is 0 Å². The number of amides is 1. The zero-order valence-electron chi connectivity index (χ0n) is 10.4. The minimum Gasteiger partial charge on any atom is -0.497 e. The highest BCUT2D eigenvalue weighted by atomic mass is 32.2. The lowest BCUT2D eigenvalue weighted by Crippen LogP contribution is -2.38. The lowest BCUT2D eigenvalue weighted by molar-refractivity contribution is 0.0939. The van der Waals surface area contributed by atoms with E-state index >= 15 is 0 Å². The zero-order valence-corrected chi connectivity index (χ0v) is 11.3. The Labute approximate surface area is 111 Å². The summed E-state index contributed by atoms with van der Waals surface area (Å²) in [5, 5.41) is 3.03. The quantitative estimate of drug-likeness (QED) is 0.820. The van der Waals surface area contributed by atoms with Gasteiger partial charge in [0.05, 0.1) is 12.7 Å². The fraction of sp³-hybridized carbons (Fsp3) is 0.462. The number of nitrogens with two attached hydrogens (primary N) is 1. The molecule has 3 N–H and O–H groups in total. The maximum atomic E-state index is 12.1. The molecule has 2 rings (SSSR count). The number of methoxy groups -OCH3 is 1. The molecule has 18 heavy (non-hydrogen) atoms. The number of anilines is 1. The predicted molar refractivity (Wildman–Crippen MR) is 75.2 cm³/mol. The molecule has 1 aliphatic rings. The Balaban J connectivity index is 2.07. The summed E-state index contributed by atoms with van der Waals surface area (Å²) in [6.07, 6.45) is 2.20. The molecule has 4 nitrogen and oxygen atoms in total. The standard InChI is InChI=1S/C13H18N2O2S/c1-17-10-4-5-12(14)11(7-10)13(16)15-9-3-2-6-18-8-9/h4-5,7,9H,2-3,6,8,14H2,1H3,(H,15,16). The third-order valence-corrected chi connectivity index (χ3v) is 4.22. The Hall–Kier alpha value is -1.36. The molecular formula is C13H18N2O2S. The van der Waals surface area contributed by atoms with Gasteiger partial charge in [-0.15, -0.1) is 0 Å². The normalized spacial score (nSPS) is 19.3. The van der Waals surface area contributed by atoms with E-state index < -0.39 is 0 Å². The fourth-order valence-corrected chi connectivity index (χ4v) is 3.05. The molecule has 5 heteroatoms. The second-order valence-electron chi connectivity index (χ2n) is 4.34. The number of ether oxygens (including phenoxy) is 1. The van der Waals surface area contributed by atoms with Crippen molar-refractivity contribution >= 4 is 23.4 Å². The second-order valence-corrected chi connectivity index (χ2v) is 5.49. The van der Waals surface area contributed by atoms with Gasteiger partial charge < -0.3 is 15.8 Å². The van der Waals surface area contributed by atoms with Gasteiger partial charge in [0.1, 0.15) is 5.75 Å². The van der Waals surface area contributed by atoms with Crippen LogP contribution in [0, 0.1) is 0 Å².